The minimum absolute atomic E-state index is 0.624. The van der Waals surface area contributed by atoms with Crippen molar-refractivity contribution in [3.63, 3.8) is 0 Å². The van der Waals surface area contributed by atoms with E-state index in [1.807, 2.05) is 18.2 Å². The van der Waals surface area contributed by atoms with Crippen LogP contribution in [0.3, 0.4) is 0 Å². The topological polar surface area (TPSA) is 46.8 Å². The molecule has 0 radical (unpaired) electrons. The molecule has 0 N–H and O–H groups in total. The molecule has 0 saturated carbocycles. The van der Waals surface area contributed by atoms with Crippen molar-refractivity contribution in [3.8, 4) is 17.4 Å². The van der Waals surface area contributed by atoms with Crippen LogP contribution in [-0.4, -0.2) is 9.13 Å². The van der Waals surface area contributed by atoms with Crippen LogP contribution >= 0.6 is 0 Å². The molecule has 0 aliphatic heterocycles. The van der Waals surface area contributed by atoms with Crippen molar-refractivity contribution in [1.29, 1.82) is 5.26 Å². The molecule has 4 heteroatoms. The number of rotatable bonds is 2. The SMILES string of the molecule is N#Cc1c(-n2c3ccccc3c3ccccc32)cccc1-n1c2ccccc2c2cc3oc4ccccc4c3cc21. The van der Waals surface area contributed by atoms with E-state index in [1.165, 1.54) is 10.8 Å². The Morgan fingerprint density at radius 3 is 1.56 bits per heavy atom. The summed E-state index contributed by atoms with van der Waals surface area (Å²) in [5, 5.41) is 17.5. The summed E-state index contributed by atoms with van der Waals surface area (Å²) in [6, 6.07) is 46.5. The Morgan fingerprint density at radius 2 is 0.951 bits per heavy atom. The maximum absolute atomic E-state index is 10.8. The van der Waals surface area contributed by atoms with Gasteiger partial charge in [-0.05, 0) is 48.5 Å². The first-order valence-electron chi connectivity index (χ1n) is 13.7. The van der Waals surface area contributed by atoms with Gasteiger partial charge in [-0.3, -0.25) is 0 Å². The molecule has 4 nitrogen and oxygen atoms in total. The highest BCUT2D eigenvalue weighted by Crippen LogP contribution is 2.40. The molecule has 6 aromatic carbocycles. The molecule has 0 amide bonds. The zero-order chi connectivity index (χ0) is 27.1. The molecule has 0 atom stereocenters. The summed E-state index contributed by atoms with van der Waals surface area (Å²) < 4.78 is 10.7. The molecule has 3 aromatic heterocycles. The number of fused-ring (bicyclic) bond motifs is 9. The van der Waals surface area contributed by atoms with Gasteiger partial charge in [0, 0.05) is 32.3 Å². The number of nitrogens with zero attached hydrogens (tertiary/aromatic N) is 3. The normalized spacial score (nSPS) is 11.9. The lowest BCUT2D eigenvalue weighted by Crippen LogP contribution is -2.03. The van der Waals surface area contributed by atoms with Crippen molar-refractivity contribution in [1.82, 2.24) is 9.13 Å². The fourth-order valence-corrected chi connectivity index (χ4v) is 6.64. The molecular weight excluding hydrogens is 502 g/mol. The molecule has 0 bridgehead atoms. The van der Waals surface area contributed by atoms with E-state index in [0.29, 0.717) is 5.56 Å². The highest BCUT2D eigenvalue weighted by molar-refractivity contribution is 6.17. The molecular formula is C37H21N3O. The third kappa shape index (κ3) is 2.92. The molecule has 0 aliphatic carbocycles. The predicted octanol–water partition coefficient (Wildman–Crippen LogP) is 9.65. The standard InChI is InChI=1S/C37H21N3O/c38-22-29-33(39-30-14-5-1-10-23(30)24-11-2-6-15-31(24)39)17-9-18-34(29)40-32-16-7-3-12-25(32)27-21-37-28(20-35(27)40)26-13-4-8-19-36(26)41-37/h1-21H. The molecule has 0 spiro atoms. The van der Waals surface area contributed by atoms with Gasteiger partial charge >= 0.3 is 0 Å². The van der Waals surface area contributed by atoms with E-state index in [0.717, 1.165) is 66.2 Å². The van der Waals surface area contributed by atoms with Crippen LogP contribution in [-0.2, 0) is 0 Å². The lowest BCUT2D eigenvalue weighted by molar-refractivity contribution is 0.669. The van der Waals surface area contributed by atoms with Gasteiger partial charge in [-0.1, -0.05) is 78.9 Å². The largest absolute Gasteiger partial charge is 0.456 e. The molecule has 0 saturated heterocycles. The summed E-state index contributed by atoms with van der Waals surface area (Å²) >= 11 is 0. The van der Waals surface area contributed by atoms with Crippen LogP contribution in [0.2, 0.25) is 0 Å². The summed E-state index contributed by atoms with van der Waals surface area (Å²) in [5.74, 6) is 0. The zero-order valence-electron chi connectivity index (χ0n) is 21.9. The monoisotopic (exact) mass is 523 g/mol. The third-order valence-corrected chi connectivity index (χ3v) is 8.37. The average Bonchev–Trinajstić information content (AvgIpc) is 3.67. The van der Waals surface area contributed by atoms with Crippen molar-refractivity contribution in [2.24, 2.45) is 0 Å². The maximum atomic E-state index is 10.8. The predicted molar refractivity (Wildman–Crippen MR) is 167 cm³/mol. The van der Waals surface area contributed by atoms with Crippen molar-refractivity contribution >= 4 is 65.6 Å². The Labute approximate surface area is 234 Å². The van der Waals surface area contributed by atoms with Crippen LogP contribution < -0.4 is 0 Å². The lowest BCUT2D eigenvalue weighted by Gasteiger charge is -2.15. The molecule has 190 valence electrons. The van der Waals surface area contributed by atoms with Crippen LogP contribution in [0.15, 0.2) is 132 Å². The van der Waals surface area contributed by atoms with Crippen molar-refractivity contribution in [3.05, 3.63) is 133 Å². The van der Waals surface area contributed by atoms with Crippen LogP contribution in [0, 0.1) is 11.3 Å². The quantitative estimate of drug-likeness (QED) is 0.226. The van der Waals surface area contributed by atoms with Gasteiger partial charge in [0.2, 0.25) is 0 Å². The molecule has 41 heavy (non-hydrogen) atoms. The highest BCUT2D eigenvalue weighted by atomic mass is 16.3. The van der Waals surface area contributed by atoms with Crippen LogP contribution in [0.1, 0.15) is 5.56 Å². The second-order valence-corrected chi connectivity index (χ2v) is 10.5. The van der Waals surface area contributed by atoms with E-state index in [4.69, 9.17) is 4.42 Å². The van der Waals surface area contributed by atoms with Crippen LogP contribution in [0.4, 0.5) is 0 Å². The zero-order valence-corrected chi connectivity index (χ0v) is 21.9. The first kappa shape index (κ1) is 22.1. The van der Waals surface area contributed by atoms with Crippen molar-refractivity contribution < 1.29 is 4.42 Å². The van der Waals surface area contributed by atoms with E-state index < -0.39 is 0 Å². The van der Waals surface area contributed by atoms with Crippen LogP contribution in [0.5, 0.6) is 0 Å². The van der Waals surface area contributed by atoms with Gasteiger partial charge in [0.1, 0.15) is 22.8 Å². The smallest absolute Gasteiger partial charge is 0.136 e. The van der Waals surface area contributed by atoms with E-state index in [1.54, 1.807) is 0 Å². The number of furan rings is 1. The van der Waals surface area contributed by atoms with Crippen LogP contribution in [0.25, 0.3) is 76.9 Å². The number of aromatic nitrogens is 2. The minimum atomic E-state index is 0.624. The second-order valence-electron chi connectivity index (χ2n) is 10.5. The molecule has 9 rings (SSSR count). The van der Waals surface area contributed by atoms with E-state index in [-0.39, 0.29) is 0 Å². The molecule has 0 fully saturated rings. The number of benzene rings is 6. The Bertz CT molecular complexity index is 2500. The minimum Gasteiger partial charge on any atom is -0.456 e. The van der Waals surface area contributed by atoms with Gasteiger partial charge in [-0.2, -0.15) is 5.26 Å². The Hall–Kier alpha value is -5.79. The van der Waals surface area contributed by atoms with Gasteiger partial charge in [0.15, 0.2) is 0 Å². The number of hydrogen-bond donors (Lipinski definition) is 0. The third-order valence-electron chi connectivity index (χ3n) is 8.37. The number of para-hydroxylation sites is 4. The summed E-state index contributed by atoms with van der Waals surface area (Å²) in [6.45, 7) is 0. The summed E-state index contributed by atoms with van der Waals surface area (Å²) in [5.41, 5.74) is 8.33. The van der Waals surface area contributed by atoms with Gasteiger partial charge < -0.3 is 13.6 Å². The Kier molecular flexibility index (Phi) is 4.37. The maximum Gasteiger partial charge on any atom is 0.136 e. The number of hydrogen-bond acceptors (Lipinski definition) is 2. The van der Waals surface area contributed by atoms with Crippen molar-refractivity contribution in [2.75, 3.05) is 0 Å². The van der Waals surface area contributed by atoms with E-state index in [2.05, 4.69) is 124 Å². The Balaban J connectivity index is 1.42. The average molecular weight is 524 g/mol. The Morgan fingerprint density at radius 1 is 0.439 bits per heavy atom. The van der Waals surface area contributed by atoms with Crippen molar-refractivity contribution in [2.45, 2.75) is 0 Å². The van der Waals surface area contributed by atoms with E-state index in [9.17, 15) is 5.26 Å². The molecule has 3 heterocycles. The first-order chi connectivity index (χ1) is 20.3. The molecule has 0 unspecified atom stereocenters. The number of nitriles is 1. The fourth-order valence-electron chi connectivity index (χ4n) is 6.64. The lowest BCUT2D eigenvalue weighted by atomic mass is 10.1. The van der Waals surface area contributed by atoms with Gasteiger partial charge in [0.05, 0.1) is 33.4 Å². The summed E-state index contributed by atoms with van der Waals surface area (Å²) in [4.78, 5) is 0. The molecule has 9 aromatic rings. The summed E-state index contributed by atoms with van der Waals surface area (Å²) in [6.07, 6.45) is 0. The van der Waals surface area contributed by atoms with Gasteiger partial charge in [-0.15, -0.1) is 0 Å². The van der Waals surface area contributed by atoms with Gasteiger partial charge in [-0.25, -0.2) is 0 Å². The summed E-state index contributed by atoms with van der Waals surface area (Å²) in [7, 11) is 0. The fraction of sp³-hybridized carbons (Fsp3) is 0. The first-order valence-corrected chi connectivity index (χ1v) is 13.7. The van der Waals surface area contributed by atoms with Gasteiger partial charge in [0.25, 0.3) is 0 Å². The highest BCUT2D eigenvalue weighted by Gasteiger charge is 2.21. The molecule has 0 aliphatic rings. The second kappa shape index (κ2) is 8.11. The van der Waals surface area contributed by atoms with E-state index >= 15 is 0 Å².